The highest BCUT2D eigenvalue weighted by Gasteiger charge is 2.10. The van der Waals surface area contributed by atoms with Crippen LogP contribution in [0.3, 0.4) is 0 Å². The van der Waals surface area contributed by atoms with E-state index in [2.05, 4.69) is 4.98 Å². The van der Waals surface area contributed by atoms with Gasteiger partial charge in [-0.05, 0) is 13.5 Å². The molecule has 0 aliphatic rings. The first-order valence-corrected chi connectivity index (χ1v) is 4.97. The molecule has 0 aromatic carbocycles. The molecule has 0 amide bonds. The lowest BCUT2D eigenvalue weighted by Crippen LogP contribution is -2.06. The smallest absolute Gasteiger partial charge is 0.357 e. The van der Waals surface area contributed by atoms with Crippen LogP contribution in [0.25, 0.3) is 0 Å². The number of hydrogen-bond donors (Lipinski definition) is 1. The predicted octanol–water partition coefficient (Wildman–Crippen LogP) is 1.40. The van der Waals surface area contributed by atoms with Gasteiger partial charge in [0.15, 0.2) is 5.69 Å². The molecule has 0 saturated carbocycles. The number of halogens is 1. The maximum atomic E-state index is 11.2. The van der Waals surface area contributed by atoms with Crippen molar-refractivity contribution in [3.05, 3.63) is 16.1 Å². The van der Waals surface area contributed by atoms with Gasteiger partial charge in [-0.25, -0.2) is 9.78 Å². The summed E-state index contributed by atoms with van der Waals surface area (Å²) < 4.78 is 4.79. The quantitative estimate of drug-likeness (QED) is 0.847. The summed E-state index contributed by atoms with van der Waals surface area (Å²) in [5.41, 5.74) is 5.74. The number of carbonyl (C=O) groups excluding carboxylic acids is 1. The summed E-state index contributed by atoms with van der Waals surface area (Å²) in [4.78, 5) is 15.2. The van der Waals surface area contributed by atoms with Gasteiger partial charge in [0.1, 0.15) is 0 Å². The Bertz CT molecular complexity index is 291. The number of rotatable bonds is 4. The Kier molecular flexibility index (Phi) is 6.69. The molecule has 0 bridgehead atoms. The lowest BCUT2D eigenvalue weighted by Gasteiger charge is -1.95. The summed E-state index contributed by atoms with van der Waals surface area (Å²) in [5, 5.41) is 2.58. The second-order valence-electron chi connectivity index (χ2n) is 2.39. The average Bonchev–Trinajstić information content (AvgIpc) is 2.54. The number of carbonyl (C=O) groups is 1. The van der Waals surface area contributed by atoms with Crippen LogP contribution in [0.2, 0.25) is 0 Å². The van der Waals surface area contributed by atoms with Crippen molar-refractivity contribution < 1.29 is 9.53 Å². The standard InChI is InChI=1S/C8H12N2O2S.BrH/c1-2-12-8(11)6-5-13-7(10-6)3-4-9;/h5H,2-4,9H2,1H3;1H. The minimum Gasteiger partial charge on any atom is -0.461 e. The van der Waals surface area contributed by atoms with Crippen LogP contribution >= 0.6 is 28.3 Å². The molecule has 1 aromatic rings. The van der Waals surface area contributed by atoms with E-state index in [0.29, 0.717) is 25.3 Å². The first-order chi connectivity index (χ1) is 6.27. The van der Waals surface area contributed by atoms with Gasteiger partial charge in [0.25, 0.3) is 0 Å². The van der Waals surface area contributed by atoms with Gasteiger partial charge in [0.05, 0.1) is 11.6 Å². The number of esters is 1. The van der Waals surface area contributed by atoms with E-state index >= 15 is 0 Å². The molecule has 1 aromatic heterocycles. The lowest BCUT2D eigenvalue weighted by atomic mass is 10.4. The molecule has 4 nitrogen and oxygen atoms in total. The second-order valence-corrected chi connectivity index (χ2v) is 3.33. The number of thiazole rings is 1. The second kappa shape index (κ2) is 6.92. The molecule has 0 atom stereocenters. The van der Waals surface area contributed by atoms with Gasteiger partial charge in [0.2, 0.25) is 0 Å². The minimum atomic E-state index is -0.359. The van der Waals surface area contributed by atoms with Gasteiger partial charge < -0.3 is 10.5 Å². The van der Waals surface area contributed by atoms with E-state index in [9.17, 15) is 4.79 Å². The molecule has 0 spiro atoms. The monoisotopic (exact) mass is 280 g/mol. The third kappa shape index (κ3) is 3.73. The van der Waals surface area contributed by atoms with Gasteiger partial charge in [-0.1, -0.05) is 0 Å². The molecular weight excluding hydrogens is 268 g/mol. The Morgan fingerprint density at radius 1 is 1.71 bits per heavy atom. The molecule has 0 aliphatic carbocycles. The fourth-order valence-electron chi connectivity index (χ4n) is 0.848. The molecule has 1 heterocycles. The van der Waals surface area contributed by atoms with Gasteiger partial charge >= 0.3 is 5.97 Å². The van der Waals surface area contributed by atoms with Gasteiger partial charge in [-0.3, -0.25) is 0 Å². The van der Waals surface area contributed by atoms with Crippen molar-refractivity contribution >= 4 is 34.3 Å². The largest absolute Gasteiger partial charge is 0.461 e. The number of nitrogens with two attached hydrogens (primary N) is 1. The highest BCUT2D eigenvalue weighted by molar-refractivity contribution is 8.93. The van der Waals surface area contributed by atoms with Crippen molar-refractivity contribution in [1.82, 2.24) is 4.98 Å². The summed E-state index contributed by atoms with van der Waals surface area (Å²) in [6.45, 7) is 2.70. The molecular formula is C8H13BrN2O2S. The fraction of sp³-hybridized carbons (Fsp3) is 0.500. The number of aromatic nitrogens is 1. The van der Waals surface area contributed by atoms with E-state index in [-0.39, 0.29) is 23.0 Å². The van der Waals surface area contributed by atoms with Gasteiger partial charge in [0, 0.05) is 11.8 Å². The van der Waals surface area contributed by atoms with Crippen molar-refractivity contribution in [2.75, 3.05) is 13.2 Å². The zero-order valence-corrected chi connectivity index (χ0v) is 10.4. The Morgan fingerprint density at radius 2 is 2.43 bits per heavy atom. The first-order valence-electron chi connectivity index (χ1n) is 4.09. The summed E-state index contributed by atoms with van der Waals surface area (Å²) in [5.74, 6) is -0.359. The Hall–Kier alpha value is -0.460. The molecule has 0 radical (unpaired) electrons. The lowest BCUT2D eigenvalue weighted by molar-refractivity contribution is 0.0520. The van der Waals surface area contributed by atoms with Crippen LogP contribution < -0.4 is 5.73 Å². The molecule has 0 aliphatic heterocycles. The summed E-state index contributed by atoms with van der Waals surface area (Å²) in [6.07, 6.45) is 0.712. The van der Waals surface area contributed by atoms with Crippen LogP contribution in [-0.4, -0.2) is 24.1 Å². The van der Waals surface area contributed by atoms with E-state index in [0.717, 1.165) is 5.01 Å². The van der Waals surface area contributed by atoms with Crippen LogP contribution in [0.15, 0.2) is 5.38 Å². The summed E-state index contributed by atoms with van der Waals surface area (Å²) in [6, 6.07) is 0. The van der Waals surface area contributed by atoms with E-state index < -0.39 is 0 Å². The molecule has 6 heteroatoms. The van der Waals surface area contributed by atoms with Crippen LogP contribution in [-0.2, 0) is 11.2 Å². The molecule has 0 fully saturated rings. The SMILES string of the molecule is Br.CCOC(=O)c1csc(CCN)n1. The topological polar surface area (TPSA) is 65.2 Å². The highest BCUT2D eigenvalue weighted by atomic mass is 79.9. The molecule has 1 rings (SSSR count). The van der Waals surface area contributed by atoms with Crippen LogP contribution in [0.1, 0.15) is 22.4 Å². The third-order valence-electron chi connectivity index (χ3n) is 1.39. The molecule has 14 heavy (non-hydrogen) atoms. The van der Waals surface area contributed by atoms with E-state index in [1.807, 2.05) is 0 Å². The van der Waals surface area contributed by atoms with Gasteiger partial charge in [-0.15, -0.1) is 28.3 Å². The molecule has 2 N–H and O–H groups in total. The van der Waals surface area contributed by atoms with Crippen LogP contribution in [0.5, 0.6) is 0 Å². The van der Waals surface area contributed by atoms with E-state index in [1.165, 1.54) is 11.3 Å². The number of hydrogen-bond acceptors (Lipinski definition) is 5. The maximum absolute atomic E-state index is 11.2. The highest BCUT2D eigenvalue weighted by Crippen LogP contribution is 2.10. The summed E-state index contributed by atoms with van der Waals surface area (Å²) in [7, 11) is 0. The van der Waals surface area contributed by atoms with Crippen molar-refractivity contribution in [1.29, 1.82) is 0 Å². The van der Waals surface area contributed by atoms with E-state index in [4.69, 9.17) is 10.5 Å². The molecule has 80 valence electrons. The van der Waals surface area contributed by atoms with Crippen LogP contribution in [0, 0.1) is 0 Å². The Balaban J connectivity index is 0.00000169. The third-order valence-corrected chi connectivity index (χ3v) is 2.30. The summed E-state index contributed by atoms with van der Waals surface area (Å²) >= 11 is 1.44. The number of nitrogens with zero attached hydrogens (tertiary/aromatic N) is 1. The first kappa shape index (κ1) is 13.5. The predicted molar refractivity (Wildman–Crippen MR) is 61.2 cm³/mol. The average molecular weight is 281 g/mol. The van der Waals surface area contributed by atoms with Crippen molar-refractivity contribution in [3.8, 4) is 0 Å². The van der Waals surface area contributed by atoms with Crippen molar-refractivity contribution in [3.63, 3.8) is 0 Å². The maximum Gasteiger partial charge on any atom is 0.357 e. The Morgan fingerprint density at radius 3 is 3.00 bits per heavy atom. The number of ether oxygens (including phenoxy) is 1. The van der Waals surface area contributed by atoms with Crippen molar-refractivity contribution in [2.24, 2.45) is 5.73 Å². The fourth-order valence-corrected chi connectivity index (χ4v) is 1.63. The molecule has 0 saturated heterocycles. The normalized spacial score (nSPS) is 9.29. The van der Waals surface area contributed by atoms with Crippen LogP contribution in [0.4, 0.5) is 0 Å². The Labute approximate surface area is 97.2 Å². The van der Waals surface area contributed by atoms with Gasteiger partial charge in [-0.2, -0.15) is 0 Å². The van der Waals surface area contributed by atoms with E-state index in [1.54, 1.807) is 12.3 Å². The molecule has 0 unspecified atom stereocenters. The zero-order valence-electron chi connectivity index (χ0n) is 7.86. The minimum absolute atomic E-state index is 0. The zero-order chi connectivity index (χ0) is 9.68. The van der Waals surface area contributed by atoms with Crippen molar-refractivity contribution in [2.45, 2.75) is 13.3 Å².